The van der Waals surface area contributed by atoms with E-state index in [0.29, 0.717) is 12.1 Å². The first kappa shape index (κ1) is 20.7. The molecule has 1 spiro atoms. The third-order valence-corrected chi connectivity index (χ3v) is 7.78. The van der Waals surface area contributed by atoms with Gasteiger partial charge in [-0.05, 0) is 48.6 Å². The van der Waals surface area contributed by atoms with Crippen LogP contribution in [0.3, 0.4) is 0 Å². The fourth-order valence-corrected chi connectivity index (χ4v) is 6.09. The van der Waals surface area contributed by atoms with Crippen molar-refractivity contribution in [2.24, 2.45) is 13.0 Å². The molecule has 3 aliphatic rings. The minimum atomic E-state index is -0.396. The number of likely N-dealkylation sites (tertiary alicyclic amines) is 1. The number of hydrogen-bond donors (Lipinski definition) is 1. The molecule has 7 heteroatoms. The number of ether oxygens (including phenoxy) is 1. The lowest BCUT2D eigenvalue weighted by molar-refractivity contribution is -0.00309. The molecule has 1 N–H and O–H groups in total. The Labute approximate surface area is 193 Å². The highest BCUT2D eigenvalue weighted by Crippen LogP contribution is 2.50. The minimum absolute atomic E-state index is 0.0510. The number of rotatable bonds is 5. The Morgan fingerprint density at radius 2 is 1.94 bits per heavy atom. The van der Waals surface area contributed by atoms with Gasteiger partial charge in [-0.3, -0.25) is 9.78 Å². The van der Waals surface area contributed by atoms with E-state index in [9.17, 15) is 9.90 Å². The second-order valence-corrected chi connectivity index (χ2v) is 9.96. The molecule has 0 bridgehead atoms. The Hall–Kier alpha value is -2.90. The molecule has 1 aliphatic carbocycles. The molecule has 6 rings (SSSR count). The summed E-state index contributed by atoms with van der Waals surface area (Å²) >= 11 is 0. The number of pyridine rings is 1. The first-order chi connectivity index (χ1) is 16.0. The standard InChI is InChI=1S/C26H30N4O3/c1-28-21-11-19(33-2)5-6-20(21)23-24(28)22(13-31)30(25(32)18-7-9-27-10-8-18)16-26(23)14-29(15-26)12-17-3-4-17/h5-11,17,22,31H,3-4,12-16H2,1-2H3/t22-/m0/s1. The summed E-state index contributed by atoms with van der Waals surface area (Å²) in [6.45, 7) is 3.53. The van der Waals surface area contributed by atoms with Crippen molar-refractivity contribution in [1.82, 2.24) is 19.4 Å². The van der Waals surface area contributed by atoms with Crippen LogP contribution in [0.5, 0.6) is 5.75 Å². The number of carbonyl (C=O) groups is 1. The predicted molar refractivity (Wildman–Crippen MR) is 125 cm³/mol. The molecule has 4 heterocycles. The van der Waals surface area contributed by atoms with Gasteiger partial charge in [0.05, 0.1) is 25.3 Å². The maximum Gasteiger partial charge on any atom is 0.254 e. The molecule has 172 valence electrons. The van der Waals surface area contributed by atoms with E-state index in [0.717, 1.165) is 42.5 Å². The van der Waals surface area contributed by atoms with Crippen molar-refractivity contribution in [3.63, 3.8) is 0 Å². The molecule has 0 unspecified atom stereocenters. The summed E-state index contributed by atoms with van der Waals surface area (Å²) in [4.78, 5) is 22.1. The van der Waals surface area contributed by atoms with Gasteiger partial charge in [0.1, 0.15) is 5.75 Å². The van der Waals surface area contributed by atoms with Crippen molar-refractivity contribution < 1.29 is 14.6 Å². The van der Waals surface area contributed by atoms with Crippen LogP contribution in [-0.4, -0.2) is 70.3 Å². The molecule has 1 saturated heterocycles. The van der Waals surface area contributed by atoms with E-state index in [2.05, 4.69) is 26.6 Å². The lowest BCUT2D eigenvalue weighted by Gasteiger charge is -2.56. The van der Waals surface area contributed by atoms with Crippen molar-refractivity contribution in [2.75, 3.05) is 39.9 Å². The van der Waals surface area contributed by atoms with Gasteiger partial charge in [-0.2, -0.15) is 0 Å². The highest BCUT2D eigenvalue weighted by atomic mass is 16.5. The van der Waals surface area contributed by atoms with Gasteiger partial charge in [0.15, 0.2) is 0 Å². The summed E-state index contributed by atoms with van der Waals surface area (Å²) in [6, 6.07) is 9.33. The number of aliphatic hydroxyl groups excluding tert-OH is 1. The fourth-order valence-electron chi connectivity index (χ4n) is 6.09. The number of aromatic nitrogens is 2. The lowest BCUT2D eigenvalue weighted by Crippen LogP contribution is -2.67. The zero-order chi connectivity index (χ0) is 22.7. The molecule has 0 radical (unpaired) electrons. The fraction of sp³-hybridized carbons (Fsp3) is 0.462. The molecule has 2 fully saturated rings. The number of carbonyl (C=O) groups excluding carboxylic acids is 1. The maximum absolute atomic E-state index is 13.6. The number of nitrogens with zero attached hydrogens (tertiary/aromatic N) is 4. The summed E-state index contributed by atoms with van der Waals surface area (Å²) in [5.74, 6) is 1.59. The van der Waals surface area contributed by atoms with E-state index in [1.807, 2.05) is 18.0 Å². The largest absolute Gasteiger partial charge is 0.497 e. The van der Waals surface area contributed by atoms with Crippen LogP contribution in [0, 0.1) is 5.92 Å². The van der Waals surface area contributed by atoms with Crippen molar-refractivity contribution in [1.29, 1.82) is 0 Å². The molecule has 2 aromatic heterocycles. The van der Waals surface area contributed by atoms with Gasteiger partial charge in [0, 0.05) is 73.7 Å². The molecular weight excluding hydrogens is 416 g/mol. The van der Waals surface area contributed by atoms with Crippen LogP contribution < -0.4 is 4.74 Å². The summed E-state index contributed by atoms with van der Waals surface area (Å²) < 4.78 is 7.66. The number of hydrogen-bond acceptors (Lipinski definition) is 5. The van der Waals surface area contributed by atoms with Gasteiger partial charge in [0.25, 0.3) is 5.91 Å². The van der Waals surface area contributed by atoms with Crippen LogP contribution in [0.1, 0.15) is 40.5 Å². The maximum atomic E-state index is 13.6. The molecule has 7 nitrogen and oxygen atoms in total. The van der Waals surface area contributed by atoms with E-state index in [1.165, 1.54) is 23.8 Å². The number of aliphatic hydroxyl groups is 1. The zero-order valence-electron chi connectivity index (χ0n) is 19.2. The van der Waals surface area contributed by atoms with Gasteiger partial charge in [-0.1, -0.05) is 0 Å². The van der Waals surface area contributed by atoms with Crippen LogP contribution in [0.4, 0.5) is 0 Å². The summed E-state index contributed by atoms with van der Waals surface area (Å²) in [7, 11) is 3.72. The second-order valence-electron chi connectivity index (χ2n) is 9.96. The normalized spacial score (nSPS) is 21.8. The van der Waals surface area contributed by atoms with Crippen molar-refractivity contribution in [2.45, 2.75) is 24.3 Å². The number of methoxy groups -OCH3 is 1. The Balaban J connectivity index is 1.49. The second kappa shape index (κ2) is 7.57. The third kappa shape index (κ3) is 3.17. The van der Waals surface area contributed by atoms with E-state index in [4.69, 9.17) is 4.74 Å². The molecular formula is C26H30N4O3. The van der Waals surface area contributed by atoms with Gasteiger partial charge in [-0.15, -0.1) is 0 Å². The predicted octanol–water partition coefficient (Wildman–Crippen LogP) is 2.73. The summed E-state index contributed by atoms with van der Waals surface area (Å²) in [5.41, 5.74) is 3.90. The topological polar surface area (TPSA) is 70.8 Å². The quantitative estimate of drug-likeness (QED) is 0.653. The average Bonchev–Trinajstić information content (AvgIpc) is 3.60. The number of aryl methyl sites for hydroxylation is 1. The molecule has 1 amide bonds. The zero-order valence-corrected chi connectivity index (χ0v) is 19.2. The average molecular weight is 447 g/mol. The monoisotopic (exact) mass is 446 g/mol. The van der Waals surface area contributed by atoms with Crippen molar-refractivity contribution >= 4 is 16.8 Å². The highest BCUT2D eigenvalue weighted by molar-refractivity contribution is 5.96. The van der Waals surface area contributed by atoms with Crippen LogP contribution in [0.25, 0.3) is 10.9 Å². The molecule has 1 atom stereocenters. The Morgan fingerprint density at radius 3 is 2.61 bits per heavy atom. The summed E-state index contributed by atoms with van der Waals surface area (Å²) in [6.07, 6.45) is 5.97. The van der Waals surface area contributed by atoms with Crippen LogP contribution in [0.15, 0.2) is 42.7 Å². The van der Waals surface area contributed by atoms with Crippen LogP contribution in [-0.2, 0) is 12.5 Å². The Bertz CT molecular complexity index is 1210. The van der Waals surface area contributed by atoms with Crippen molar-refractivity contribution in [3.05, 3.63) is 59.5 Å². The number of benzene rings is 1. The minimum Gasteiger partial charge on any atom is -0.497 e. The molecule has 33 heavy (non-hydrogen) atoms. The first-order valence-corrected chi connectivity index (χ1v) is 11.8. The SMILES string of the molecule is COc1ccc2c3c(n(C)c2c1)[C@H](CO)N(C(=O)c1ccncc1)CC31CN(CC2CC2)C1. The van der Waals surface area contributed by atoms with E-state index >= 15 is 0 Å². The van der Waals surface area contributed by atoms with E-state index in [-0.39, 0.29) is 17.9 Å². The molecule has 2 aliphatic heterocycles. The van der Waals surface area contributed by atoms with Crippen molar-refractivity contribution in [3.8, 4) is 5.75 Å². The third-order valence-electron chi connectivity index (χ3n) is 7.78. The summed E-state index contributed by atoms with van der Waals surface area (Å²) in [5, 5.41) is 11.7. The van der Waals surface area contributed by atoms with Crippen LogP contribution >= 0.6 is 0 Å². The molecule has 3 aromatic rings. The van der Waals surface area contributed by atoms with Crippen LogP contribution in [0.2, 0.25) is 0 Å². The van der Waals surface area contributed by atoms with E-state index < -0.39 is 6.04 Å². The highest BCUT2D eigenvalue weighted by Gasteiger charge is 2.54. The molecule has 1 aromatic carbocycles. The molecule has 1 saturated carbocycles. The number of fused-ring (bicyclic) bond motifs is 4. The van der Waals surface area contributed by atoms with Gasteiger partial charge in [0.2, 0.25) is 0 Å². The lowest BCUT2D eigenvalue weighted by atomic mass is 9.68. The Kier molecular flexibility index (Phi) is 4.74. The Morgan fingerprint density at radius 1 is 1.18 bits per heavy atom. The smallest absolute Gasteiger partial charge is 0.254 e. The van der Waals surface area contributed by atoms with Gasteiger partial charge in [-0.25, -0.2) is 0 Å². The van der Waals surface area contributed by atoms with Gasteiger partial charge < -0.3 is 24.2 Å². The van der Waals surface area contributed by atoms with Gasteiger partial charge >= 0.3 is 0 Å². The number of amides is 1. The van der Waals surface area contributed by atoms with E-state index in [1.54, 1.807) is 31.6 Å². The first-order valence-electron chi connectivity index (χ1n) is 11.8.